The summed E-state index contributed by atoms with van der Waals surface area (Å²) >= 11 is 0. The van der Waals surface area contributed by atoms with E-state index in [1.807, 2.05) is 95.4 Å². The molecule has 4 aliphatic rings. The number of fused-ring (bicyclic) bond motifs is 2. The van der Waals surface area contributed by atoms with Gasteiger partial charge in [-0.05, 0) is 136 Å². The van der Waals surface area contributed by atoms with Gasteiger partial charge in [0.05, 0.1) is 73.8 Å². The highest BCUT2D eigenvalue weighted by Gasteiger charge is 2.47. The number of aryl methyl sites for hydroxylation is 2. The minimum Gasteiger partial charge on any atom is -0.495 e. The van der Waals surface area contributed by atoms with Crippen LogP contribution in [0.3, 0.4) is 0 Å². The first-order valence-electron chi connectivity index (χ1n) is 22.2. The molecule has 4 aliphatic heterocycles. The lowest BCUT2D eigenvalue weighted by molar-refractivity contribution is -0.145. The average molecular weight is 895 g/mol. The van der Waals surface area contributed by atoms with Crippen LogP contribution >= 0.6 is 0 Å². The van der Waals surface area contributed by atoms with Crippen LogP contribution in [-0.4, -0.2) is 79.2 Å². The van der Waals surface area contributed by atoms with E-state index in [1.165, 1.54) is 24.3 Å². The van der Waals surface area contributed by atoms with Gasteiger partial charge in [0.1, 0.15) is 35.3 Å². The first-order chi connectivity index (χ1) is 31.9. The van der Waals surface area contributed by atoms with Crippen LogP contribution in [0.25, 0.3) is 23.5 Å². The van der Waals surface area contributed by atoms with Crippen molar-refractivity contribution in [2.75, 3.05) is 14.2 Å². The number of methoxy groups -OCH3 is 2. The van der Waals surface area contributed by atoms with E-state index >= 15 is 0 Å². The monoisotopic (exact) mass is 894 g/mol. The Morgan fingerprint density at radius 3 is 1.33 bits per heavy atom. The summed E-state index contributed by atoms with van der Waals surface area (Å²) in [6.45, 7) is 7.85. The molecule has 4 fully saturated rings. The zero-order chi connectivity index (χ0) is 46.2. The predicted molar refractivity (Wildman–Crippen MR) is 245 cm³/mol. The smallest absolute Gasteiger partial charge is 0.289 e. The van der Waals surface area contributed by atoms with Crippen molar-refractivity contribution >= 4 is 24.0 Å². The summed E-state index contributed by atoms with van der Waals surface area (Å²) in [5.41, 5.74) is 7.05. The number of carbonyl (C=O) groups is 2. The molecule has 0 saturated carbocycles. The molecule has 4 saturated heterocycles. The van der Waals surface area contributed by atoms with Gasteiger partial charge < -0.3 is 37.9 Å². The van der Waals surface area contributed by atoms with Crippen molar-refractivity contribution in [1.82, 2.24) is 28.9 Å². The van der Waals surface area contributed by atoms with Crippen LogP contribution in [0.4, 0.5) is 8.78 Å². The van der Waals surface area contributed by atoms with Crippen LogP contribution in [0.5, 0.6) is 11.5 Å². The first kappa shape index (κ1) is 44.0. The number of rotatable bonds is 8. The minimum absolute atomic E-state index is 0.00564. The van der Waals surface area contributed by atoms with Crippen molar-refractivity contribution in [3.8, 4) is 22.9 Å². The third-order valence-electron chi connectivity index (χ3n) is 13.0. The summed E-state index contributed by atoms with van der Waals surface area (Å²) in [4.78, 5) is 39.3. The highest BCUT2D eigenvalue weighted by molar-refractivity contribution is 5.98. The Bertz CT molecular complexity index is 2630. The van der Waals surface area contributed by atoms with Crippen molar-refractivity contribution < 1.29 is 37.3 Å². The topological polar surface area (TPSA) is 113 Å². The maximum atomic E-state index is 13.5. The van der Waals surface area contributed by atoms with Crippen LogP contribution in [0.1, 0.15) is 85.3 Å². The zero-order valence-electron chi connectivity index (χ0n) is 37.7. The second-order valence-electron chi connectivity index (χ2n) is 17.2. The van der Waals surface area contributed by atoms with E-state index in [1.54, 1.807) is 63.3 Å². The summed E-state index contributed by atoms with van der Waals surface area (Å²) in [6, 6.07) is 24.2. The molecule has 0 aliphatic carbocycles. The van der Waals surface area contributed by atoms with Gasteiger partial charge in [0, 0.05) is 12.4 Å². The summed E-state index contributed by atoms with van der Waals surface area (Å²) in [5.74, 6) is 1.11. The first-order valence-corrected chi connectivity index (χ1v) is 22.2. The molecule has 14 heteroatoms. The highest BCUT2D eigenvalue weighted by Crippen LogP contribution is 2.44. The molecule has 0 bridgehead atoms. The third-order valence-corrected chi connectivity index (χ3v) is 13.0. The number of aromatic nitrogens is 4. The Morgan fingerprint density at radius 1 is 0.591 bits per heavy atom. The molecular weight excluding hydrogens is 843 g/mol. The summed E-state index contributed by atoms with van der Waals surface area (Å²) in [5, 5.41) is 0. The van der Waals surface area contributed by atoms with Gasteiger partial charge in [0.25, 0.3) is 11.8 Å². The van der Waals surface area contributed by atoms with E-state index in [0.29, 0.717) is 23.0 Å². The largest absolute Gasteiger partial charge is 0.495 e. The fourth-order valence-electron chi connectivity index (χ4n) is 9.71. The van der Waals surface area contributed by atoms with Crippen molar-refractivity contribution in [2.24, 2.45) is 0 Å². The van der Waals surface area contributed by atoms with Crippen molar-refractivity contribution in [1.29, 1.82) is 0 Å². The van der Waals surface area contributed by atoms with Gasteiger partial charge in [0.15, 0.2) is 11.5 Å². The highest BCUT2D eigenvalue weighted by atomic mass is 19.1. The van der Waals surface area contributed by atoms with E-state index in [2.05, 4.69) is 9.97 Å². The lowest BCUT2D eigenvalue weighted by Gasteiger charge is -2.39. The molecule has 0 radical (unpaired) electrons. The van der Waals surface area contributed by atoms with Crippen molar-refractivity contribution in [3.63, 3.8) is 0 Å². The maximum absolute atomic E-state index is 13.5. The van der Waals surface area contributed by atoms with Crippen LogP contribution in [0.2, 0.25) is 0 Å². The molecule has 0 spiro atoms. The number of hydrogen-bond donors (Lipinski definition) is 0. The number of carbonyl (C=O) groups excluding carboxylic acids is 2. The molecule has 10 rings (SSSR count). The number of nitrogens with zero attached hydrogens (tertiary/aromatic N) is 6. The van der Waals surface area contributed by atoms with E-state index in [-0.39, 0.29) is 59.8 Å². The summed E-state index contributed by atoms with van der Waals surface area (Å²) < 4.78 is 54.0. The van der Waals surface area contributed by atoms with Gasteiger partial charge in [-0.1, -0.05) is 36.4 Å². The summed E-state index contributed by atoms with van der Waals surface area (Å²) in [6.07, 6.45) is 14.0. The van der Waals surface area contributed by atoms with Crippen LogP contribution in [0.15, 0.2) is 121 Å². The predicted octanol–water partition coefficient (Wildman–Crippen LogP) is 9.64. The molecule has 12 nitrogen and oxygen atoms in total. The standard InChI is InChI=1S/2C26H26FN3O3/c2*1-16-14-29(15-28-16)23-9-4-18(12-24(23)32-3)13-25-26(31)30-21(17(2)33-25)10-11-22(30)19-5-7-20(27)8-6-19/h2*4-9,12-15,17,21-22H,10-11H2,1-3H3/b2*25-13-/t17-,21+,22-;17-,21-,22+/m01/s1. The Kier molecular flexibility index (Phi) is 12.2. The molecule has 2 amide bonds. The number of ether oxygens (including phenoxy) is 4. The molecule has 66 heavy (non-hydrogen) atoms. The number of hydrogen-bond acceptors (Lipinski definition) is 8. The summed E-state index contributed by atoms with van der Waals surface area (Å²) in [7, 11) is 3.23. The molecule has 6 heterocycles. The number of halogens is 2. The average Bonchev–Trinajstić information content (AvgIpc) is 4.15. The zero-order valence-corrected chi connectivity index (χ0v) is 37.7. The number of amides is 2. The SMILES string of the molecule is COc1cc(/C=C2\O[C@@H](C)[C@H]3CC[C@@H](c4ccc(F)cc4)N3C2=O)ccc1-n1cnc(C)c1.COc1cc(/C=C2\O[C@H](C)[C@H]3CC[C@@H](c4ccc(F)cc4)N3C2=O)ccc1-n1cnc(C)c1. The van der Waals surface area contributed by atoms with E-state index < -0.39 is 0 Å². The molecule has 4 aromatic carbocycles. The number of benzene rings is 4. The molecule has 2 aromatic heterocycles. The number of imidazole rings is 2. The van der Waals surface area contributed by atoms with Crippen LogP contribution < -0.4 is 9.47 Å². The molecule has 340 valence electrons. The van der Waals surface area contributed by atoms with Crippen LogP contribution in [-0.2, 0) is 19.1 Å². The molecule has 0 unspecified atom stereocenters. The lowest BCUT2D eigenvalue weighted by Crippen LogP contribution is -2.49. The Morgan fingerprint density at radius 2 is 0.985 bits per heavy atom. The Hall–Kier alpha value is -7.22. The Balaban J connectivity index is 0.000000166. The van der Waals surface area contributed by atoms with Gasteiger partial charge in [-0.2, -0.15) is 0 Å². The molecule has 0 N–H and O–H groups in total. The number of morpholine rings is 2. The van der Waals surface area contributed by atoms with Gasteiger partial charge >= 0.3 is 0 Å². The molecule has 6 atom stereocenters. The molecular formula is C52H52F2N6O6. The second-order valence-corrected chi connectivity index (χ2v) is 17.2. The minimum atomic E-state index is -0.279. The van der Waals surface area contributed by atoms with Gasteiger partial charge in [0.2, 0.25) is 0 Å². The van der Waals surface area contributed by atoms with E-state index in [0.717, 1.165) is 70.7 Å². The van der Waals surface area contributed by atoms with Gasteiger partial charge in [-0.25, -0.2) is 18.7 Å². The van der Waals surface area contributed by atoms with Crippen molar-refractivity contribution in [3.05, 3.63) is 167 Å². The van der Waals surface area contributed by atoms with E-state index in [9.17, 15) is 18.4 Å². The quantitative estimate of drug-likeness (QED) is 0.139. The maximum Gasteiger partial charge on any atom is 0.289 e. The fourth-order valence-corrected chi connectivity index (χ4v) is 9.71. The molecule has 6 aromatic rings. The lowest BCUT2D eigenvalue weighted by atomic mass is 10.0. The van der Waals surface area contributed by atoms with Gasteiger partial charge in [-0.15, -0.1) is 0 Å². The van der Waals surface area contributed by atoms with E-state index in [4.69, 9.17) is 18.9 Å². The fraction of sp³-hybridized carbons (Fsp3) is 0.308. The van der Waals surface area contributed by atoms with Crippen molar-refractivity contribution in [2.45, 2.75) is 89.8 Å². The Labute approximate surface area is 382 Å². The normalized spacial score (nSPS) is 23.5. The van der Waals surface area contributed by atoms with Gasteiger partial charge in [-0.3, -0.25) is 9.59 Å². The second kappa shape index (κ2) is 18.3. The third kappa shape index (κ3) is 8.67. The van der Waals surface area contributed by atoms with Crippen LogP contribution in [0, 0.1) is 25.5 Å².